The highest BCUT2D eigenvalue weighted by Crippen LogP contribution is 2.43. The van der Waals surface area contributed by atoms with Crippen molar-refractivity contribution in [2.75, 3.05) is 18.4 Å². The number of halogens is 1. The number of anilines is 1. The number of hydrogen-bond donors (Lipinski definition) is 2. The minimum Gasteiger partial charge on any atom is -0.366 e. The summed E-state index contributed by atoms with van der Waals surface area (Å²) < 4.78 is 20.0. The number of benzene rings is 2. The summed E-state index contributed by atoms with van der Waals surface area (Å²) in [6, 6.07) is 11.7. The van der Waals surface area contributed by atoms with Gasteiger partial charge in [-0.25, -0.2) is 9.18 Å². The number of primary amides is 1. The molecule has 27 heavy (non-hydrogen) atoms. The largest absolute Gasteiger partial charge is 0.366 e. The molecule has 6 nitrogen and oxygen atoms in total. The molecule has 3 N–H and O–H groups in total. The fourth-order valence-electron chi connectivity index (χ4n) is 3.86. The van der Waals surface area contributed by atoms with Crippen molar-refractivity contribution in [3.8, 4) is 0 Å². The Kier molecular flexibility index (Phi) is 4.31. The van der Waals surface area contributed by atoms with Crippen molar-refractivity contribution in [2.45, 2.75) is 25.0 Å². The van der Waals surface area contributed by atoms with Gasteiger partial charge in [-0.3, -0.25) is 4.79 Å². The van der Waals surface area contributed by atoms with Crippen LogP contribution < -0.4 is 11.1 Å². The van der Waals surface area contributed by atoms with Crippen LogP contribution in [0.5, 0.6) is 0 Å². The van der Waals surface area contributed by atoms with Gasteiger partial charge in [0.05, 0.1) is 17.8 Å². The van der Waals surface area contributed by atoms with Crippen molar-refractivity contribution >= 4 is 17.6 Å². The lowest BCUT2D eigenvalue weighted by atomic mass is 9.84. The van der Waals surface area contributed by atoms with Crippen molar-refractivity contribution in [1.82, 2.24) is 4.90 Å². The van der Waals surface area contributed by atoms with Gasteiger partial charge in [-0.05, 0) is 42.2 Å². The van der Waals surface area contributed by atoms with Crippen LogP contribution in [0.15, 0.2) is 42.5 Å². The third-order valence-corrected chi connectivity index (χ3v) is 5.36. The van der Waals surface area contributed by atoms with Crippen LogP contribution in [0.1, 0.15) is 34.3 Å². The van der Waals surface area contributed by atoms with Crippen molar-refractivity contribution in [3.05, 3.63) is 65.0 Å². The Bertz CT molecular complexity index is 907. The van der Waals surface area contributed by atoms with Crippen LogP contribution in [0.25, 0.3) is 0 Å². The highest BCUT2D eigenvalue weighted by molar-refractivity contribution is 5.94. The molecule has 0 aromatic heterocycles. The number of urea groups is 1. The molecule has 1 saturated heterocycles. The topological polar surface area (TPSA) is 84.7 Å². The Morgan fingerprint density at radius 2 is 1.89 bits per heavy atom. The molecule has 140 valence electrons. The monoisotopic (exact) mass is 369 g/mol. The second-order valence-electron chi connectivity index (χ2n) is 6.92. The van der Waals surface area contributed by atoms with Gasteiger partial charge in [-0.2, -0.15) is 0 Å². The van der Waals surface area contributed by atoms with Gasteiger partial charge in [0.2, 0.25) is 0 Å². The summed E-state index contributed by atoms with van der Waals surface area (Å²) in [5.41, 5.74) is 7.27. The fraction of sp³-hybridized carbons (Fsp3) is 0.300. The Hall–Kier alpha value is -2.93. The first-order valence-electron chi connectivity index (χ1n) is 8.86. The molecular weight excluding hydrogens is 349 g/mol. The van der Waals surface area contributed by atoms with Gasteiger partial charge in [0.15, 0.2) is 0 Å². The van der Waals surface area contributed by atoms with Crippen LogP contribution in [0.2, 0.25) is 0 Å². The molecule has 2 aromatic rings. The Morgan fingerprint density at radius 3 is 2.59 bits per heavy atom. The molecule has 7 heteroatoms. The third-order valence-electron chi connectivity index (χ3n) is 5.36. The molecule has 4 rings (SSSR count). The Morgan fingerprint density at radius 1 is 1.15 bits per heavy atom. The van der Waals surface area contributed by atoms with Crippen LogP contribution in [-0.4, -0.2) is 29.9 Å². The van der Waals surface area contributed by atoms with Gasteiger partial charge in [-0.15, -0.1) is 0 Å². The number of rotatable bonds is 2. The van der Waals surface area contributed by atoms with Crippen molar-refractivity contribution < 1.29 is 18.7 Å². The number of ether oxygens (including phenoxy) is 1. The van der Waals surface area contributed by atoms with Crippen LogP contribution >= 0.6 is 0 Å². The average Bonchev–Trinajstić information content (AvgIpc) is 3.01. The minimum atomic E-state index is -0.844. The Labute approximate surface area is 156 Å². The molecule has 2 aromatic carbocycles. The molecule has 0 bridgehead atoms. The van der Waals surface area contributed by atoms with E-state index in [-0.39, 0.29) is 22.9 Å². The Balaban J connectivity index is 1.41. The van der Waals surface area contributed by atoms with E-state index in [4.69, 9.17) is 10.5 Å². The summed E-state index contributed by atoms with van der Waals surface area (Å²) >= 11 is 0. The van der Waals surface area contributed by atoms with Gasteiger partial charge < -0.3 is 20.7 Å². The van der Waals surface area contributed by atoms with E-state index in [2.05, 4.69) is 17.4 Å². The summed E-state index contributed by atoms with van der Waals surface area (Å²) in [6.07, 6.45) is 1.43. The number of amides is 3. The number of nitrogens with zero attached hydrogens (tertiary/aromatic N) is 1. The molecule has 2 aliphatic rings. The number of likely N-dealkylation sites (tertiary alicyclic amines) is 1. The van der Waals surface area contributed by atoms with Crippen molar-refractivity contribution in [3.63, 3.8) is 0 Å². The summed E-state index contributed by atoms with van der Waals surface area (Å²) in [7, 11) is 0. The van der Waals surface area contributed by atoms with E-state index >= 15 is 0 Å². The van der Waals surface area contributed by atoms with E-state index in [1.165, 1.54) is 23.3 Å². The number of fused-ring (bicyclic) bond motifs is 2. The molecule has 1 fully saturated rings. The third kappa shape index (κ3) is 3.14. The highest BCUT2D eigenvalue weighted by atomic mass is 19.1. The second-order valence-corrected chi connectivity index (χ2v) is 6.92. The number of carbonyl (C=O) groups excluding carboxylic acids is 2. The SMILES string of the molecule is NC(=O)c1ccc(NC(=O)N2CCC3(CC2)OCc2ccccc23)cc1F. The molecule has 0 saturated carbocycles. The number of piperidine rings is 1. The molecule has 3 amide bonds. The first-order valence-corrected chi connectivity index (χ1v) is 8.86. The molecule has 0 unspecified atom stereocenters. The maximum Gasteiger partial charge on any atom is 0.321 e. The minimum absolute atomic E-state index is 0.204. The zero-order valence-electron chi connectivity index (χ0n) is 14.7. The zero-order chi connectivity index (χ0) is 19.0. The van der Waals surface area contributed by atoms with Gasteiger partial charge in [0, 0.05) is 18.8 Å². The molecule has 0 atom stereocenters. The fourth-order valence-corrected chi connectivity index (χ4v) is 3.86. The van der Waals surface area contributed by atoms with E-state index < -0.39 is 11.7 Å². The second kappa shape index (κ2) is 6.66. The first kappa shape index (κ1) is 17.5. The van der Waals surface area contributed by atoms with E-state index in [1.807, 2.05) is 12.1 Å². The first-order chi connectivity index (χ1) is 13.0. The number of hydrogen-bond acceptors (Lipinski definition) is 3. The van der Waals surface area contributed by atoms with Gasteiger partial charge in [-0.1, -0.05) is 24.3 Å². The van der Waals surface area contributed by atoms with Crippen molar-refractivity contribution in [2.24, 2.45) is 5.73 Å². The lowest BCUT2D eigenvalue weighted by molar-refractivity contribution is -0.0722. The zero-order valence-corrected chi connectivity index (χ0v) is 14.7. The molecular formula is C20H20FN3O3. The quantitative estimate of drug-likeness (QED) is 0.853. The smallest absolute Gasteiger partial charge is 0.321 e. The maximum absolute atomic E-state index is 13.9. The van der Waals surface area contributed by atoms with Crippen LogP contribution in [-0.2, 0) is 16.9 Å². The van der Waals surface area contributed by atoms with Gasteiger partial charge in [0.1, 0.15) is 5.82 Å². The number of nitrogens with one attached hydrogen (secondary N) is 1. The van der Waals surface area contributed by atoms with Crippen LogP contribution in [0.3, 0.4) is 0 Å². The molecule has 0 radical (unpaired) electrons. The molecule has 1 spiro atoms. The van der Waals surface area contributed by atoms with E-state index in [0.29, 0.717) is 32.5 Å². The number of nitrogens with two attached hydrogens (primary N) is 1. The predicted molar refractivity (Wildman–Crippen MR) is 97.7 cm³/mol. The molecule has 2 heterocycles. The van der Waals surface area contributed by atoms with E-state index in [1.54, 1.807) is 4.90 Å². The van der Waals surface area contributed by atoms with Gasteiger partial charge in [0.25, 0.3) is 5.91 Å². The normalized spacial score (nSPS) is 17.6. The van der Waals surface area contributed by atoms with Gasteiger partial charge >= 0.3 is 6.03 Å². The van der Waals surface area contributed by atoms with E-state index in [0.717, 1.165) is 6.07 Å². The highest BCUT2D eigenvalue weighted by Gasteiger charge is 2.43. The average molecular weight is 369 g/mol. The van der Waals surface area contributed by atoms with Crippen LogP contribution in [0, 0.1) is 5.82 Å². The molecule has 0 aliphatic carbocycles. The van der Waals surface area contributed by atoms with Crippen LogP contribution in [0.4, 0.5) is 14.9 Å². The van der Waals surface area contributed by atoms with Crippen molar-refractivity contribution in [1.29, 1.82) is 0 Å². The standard InChI is InChI=1S/C20H20FN3O3/c21-17-11-14(5-6-15(17)18(22)25)23-19(26)24-9-7-20(8-10-24)16-4-2-1-3-13(16)12-27-20/h1-6,11H,7-10,12H2,(H2,22,25)(H,23,26). The lowest BCUT2D eigenvalue weighted by Gasteiger charge is -2.39. The maximum atomic E-state index is 13.9. The summed E-state index contributed by atoms with van der Waals surface area (Å²) in [5.74, 6) is -1.60. The lowest BCUT2D eigenvalue weighted by Crippen LogP contribution is -2.46. The summed E-state index contributed by atoms with van der Waals surface area (Å²) in [4.78, 5) is 25.3. The molecule has 2 aliphatic heterocycles. The summed E-state index contributed by atoms with van der Waals surface area (Å²) in [6.45, 7) is 1.69. The predicted octanol–water partition coefficient (Wildman–Crippen LogP) is 2.98. The summed E-state index contributed by atoms with van der Waals surface area (Å²) in [5, 5.41) is 2.67. The number of carbonyl (C=O) groups is 2. The van der Waals surface area contributed by atoms with E-state index in [9.17, 15) is 14.0 Å².